The average Bonchev–Trinajstić information content (AvgIpc) is 3.33. The number of nitrogens with zero attached hydrogens (tertiary/aromatic N) is 2. The Morgan fingerprint density at radius 3 is 2.90 bits per heavy atom. The Labute approximate surface area is 179 Å². The van der Waals surface area contributed by atoms with Crippen LogP contribution in [-0.4, -0.2) is 36.4 Å². The van der Waals surface area contributed by atoms with E-state index >= 15 is 0 Å². The second-order valence-corrected chi connectivity index (χ2v) is 8.13. The molecule has 152 valence electrons. The lowest BCUT2D eigenvalue weighted by Gasteiger charge is -2.19. The second kappa shape index (κ2) is 7.03. The maximum atomic E-state index is 13.5. The number of benzene rings is 3. The van der Waals surface area contributed by atoms with E-state index in [2.05, 4.69) is 4.99 Å². The molecule has 3 aromatic rings. The molecule has 6 heteroatoms. The molecule has 2 aliphatic rings. The number of aromatic hydroxyl groups is 1. The van der Waals surface area contributed by atoms with Crippen LogP contribution in [0.5, 0.6) is 5.75 Å². The molecule has 1 atom stereocenters. The molecule has 5 nitrogen and oxygen atoms in total. The molecule has 30 heavy (non-hydrogen) atoms. The monoisotopic (exact) mass is 420 g/mol. The van der Waals surface area contributed by atoms with Crippen LogP contribution in [0.2, 0.25) is 0 Å². The standard InChI is InChI=1S/C24H21ClN2O3/c1-13-4-3-5-17-20(28)10-19-23(22(13)17)16(11-25)12-27(19)24(29)15-7-6-14-9-21(30-2)26-18(14)8-15/h3-8,10,16,28H,9,11-12H2,1-2H3/t16-/m1/s1. The first-order valence-corrected chi connectivity index (χ1v) is 10.4. The van der Waals surface area contributed by atoms with Crippen molar-refractivity contribution in [2.45, 2.75) is 19.3 Å². The van der Waals surface area contributed by atoms with Gasteiger partial charge in [0.2, 0.25) is 0 Å². The van der Waals surface area contributed by atoms with Gasteiger partial charge in [-0.15, -0.1) is 11.6 Å². The summed E-state index contributed by atoms with van der Waals surface area (Å²) >= 11 is 6.32. The van der Waals surface area contributed by atoms with Crippen molar-refractivity contribution in [1.82, 2.24) is 0 Å². The highest BCUT2D eigenvalue weighted by Crippen LogP contribution is 2.46. The van der Waals surface area contributed by atoms with Crippen LogP contribution in [0, 0.1) is 6.92 Å². The second-order valence-electron chi connectivity index (χ2n) is 7.82. The van der Waals surface area contributed by atoms with Gasteiger partial charge in [-0.05, 0) is 41.1 Å². The molecular formula is C24H21ClN2O3. The van der Waals surface area contributed by atoms with E-state index in [1.165, 1.54) is 0 Å². The van der Waals surface area contributed by atoms with Gasteiger partial charge in [0.05, 0.1) is 24.9 Å². The van der Waals surface area contributed by atoms with Gasteiger partial charge in [0.1, 0.15) is 5.75 Å². The summed E-state index contributed by atoms with van der Waals surface area (Å²) in [5.74, 6) is 1.10. The van der Waals surface area contributed by atoms with Crippen molar-refractivity contribution >= 4 is 45.6 Å². The molecule has 1 amide bonds. The normalized spacial score (nSPS) is 17.1. The van der Waals surface area contributed by atoms with Crippen molar-refractivity contribution < 1.29 is 14.6 Å². The van der Waals surface area contributed by atoms with Crippen molar-refractivity contribution in [3.63, 3.8) is 0 Å². The summed E-state index contributed by atoms with van der Waals surface area (Å²) in [5, 5.41) is 12.4. The van der Waals surface area contributed by atoms with E-state index < -0.39 is 0 Å². The molecular weight excluding hydrogens is 400 g/mol. The van der Waals surface area contributed by atoms with E-state index in [1.807, 2.05) is 43.3 Å². The van der Waals surface area contributed by atoms with Crippen molar-refractivity contribution in [2.24, 2.45) is 4.99 Å². The number of carbonyl (C=O) groups excluding carboxylic acids is 1. The summed E-state index contributed by atoms with van der Waals surface area (Å²) in [6, 6.07) is 13.1. The van der Waals surface area contributed by atoms with Crippen LogP contribution in [0.1, 0.15) is 33.0 Å². The van der Waals surface area contributed by atoms with Gasteiger partial charge >= 0.3 is 0 Å². The fraction of sp³-hybridized carbons (Fsp3) is 0.250. The summed E-state index contributed by atoms with van der Waals surface area (Å²) in [6.07, 6.45) is 0.639. The number of anilines is 1. The van der Waals surface area contributed by atoms with E-state index in [1.54, 1.807) is 18.1 Å². The third-order valence-corrected chi connectivity index (χ3v) is 6.43. The summed E-state index contributed by atoms with van der Waals surface area (Å²) in [5.41, 5.74) is 5.19. The van der Waals surface area contributed by atoms with Gasteiger partial charge in [0.15, 0.2) is 5.90 Å². The Kier molecular flexibility index (Phi) is 4.44. The van der Waals surface area contributed by atoms with E-state index in [9.17, 15) is 9.90 Å². The maximum absolute atomic E-state index is 13.5. The average molecular weight is 421 g/mol. The first-order valence-electron chi connectivity index (χ1n) is 9.89. The van der Waals surface area contributed by atoms with Gasteiger partial charge in [-0.25, -0.2) is 4.99 Å². The zero-order chi connectivity index (χ0) is 21.0. The van der Waals surface area contributed by atoms with Crippen LogP contribution in [0.25, 0.3) is 10.8 Å². The number of carbonyl (C=O) groups is 1. The number of methoxy groups -OCH3 is 1. The first-order chi connectivity index (χ1) is 14.5. The molecule has 0 bridgehead atoms. The largest absolute Gasteiger partial charge is 0.507 e. The third kappa shape index (κ3) is 2.76. The van der Waals surface area contributed by atoms with Crippen LogP contribution in [0.15, 0.2) is 47.5 Å². The van der Waals surface area contributed by atoms with Gasteiger partial charge in [-0.1, -0.05) is 24.3 Å². The number of aryl methyl sites for hydroxylation is 1. The molecule has 2 aliphatic heterocycles. The van der Waals surface area contributed by atoms with E-state index in [0.29, 0.717) is 30.3 Å². The number of alkyl halides is 1. The van der Waals surface area contributed by atoms with Crippen LogP contribution < -0.4 is 4.90 Å². The SMILES string of the molecule is COC1=Nc2cc(C(=O)N3C[C@@H](CCl)c4c3cc(O)c3cccc(C)c43)ccc2C1. The molecule has 0 aromatic heterocycles. The zero-order valence-electron chi connectivity index (χ0n) is 16.8. The van der Waals surface area contributed by atoms with Crippen LogP contribution in [0.3, 0.4) is 0 Å². The van der Waals surface area contributed by atoms with Crippen molar-refractivity contribution in [3.8, 4) is 5.75 Å². The maximum Gasteiger partial charge on any atom is 0.258 e. The number of halogens is 1. The lowest BCUT2D eigenvalue weighted by Crippen LogP contribution is -2.30. The van der Waals surface area contributed by atoms with Crippen LogP contribution in [0.4, 0.5) is 11.4 Å². The Morgan fingerprint density at radius 2 is 2.13 bits per heavy atom. The minimum atomic E-state index is -0.125. The molecule has 2 heterocycles. The fourth-order valence-corrected chi connectivity index (χ4v) is 4.83. The molecule has 0 saturated heterocycles. The minimum absolute atomic E-state index is 0.00218. The molecule has 5 rings (SSSR count). The predicted molar refractivity (Wildman–Crippen MR) is 120 cm³/mol. The molecule has 3 aromatic carbocycles. The number of hydrogen-bond acceptors (Lipinski definition) is 4. The van der Waals surface area contributed by atoms with Crippen molar-refractivity contribution in [2.75, 3.05) is 24.4 Å². The molecule has 0 fully saturated rings. The summed E-state index contributed by atoms with van der Waals surface area (Å²) in [4.78, 5) is 19.6. The highest BCUT2D eigenvalue weighted by Gasteiger charge is 2.35. The summed E-state index contributed by atoms with van der Waals surface area (Å²) in [7, 11) is 1.60. The van der Waals surface area contributed by atoms with Gasteiger partial charge < -0.3 is 14.7 Å². The van der Waals surface area contributed by atoms with Crippen LogP contribution >= 0.6 is 11.6 Å². The predicted octanol–water partition coefficient (Wildman–Crippen LogP) is 5.07. The van der Waals surface area contributed by atoms with Gasteiger partial charge in [-0.3, -0.25) is 4.79 Å². The highest BCUT2D eigenvalue weighted by molar-refractivity contribution is 6.19. The van der Waals surface area contributed by atoms with E-state index in [4.69, 9.17) is 16.3 Å². The molecule has 0 aliphatic carbocycles. The molecule has 0 radical (unpaired) electrons. The summed E-state index contributed by atoms with van der Waals surface area (Å²) < 4.78 is 5.25. The highest BCUT2D eigenvalue weighted by atomic mass is 35.5. The van der Waals surface area contributed by atoms with E-state index in [-0.39, 0.29) is 17.6 Å². The Hall–Kier alpha value is -3.05. The number of rotatable bonds is 2. The van der Waals surface area contributed by atoms with Crippen molar-refractivity contribution in [3.05, 3.63) is 64.7 Å². The number of fused-ring (bicyclic) bond motifs is 4. The number of hydrogen-bond donors (Lipinski definition) is 1. The smallest absolute Gasteiger partial charge is 0.258 e. The number of phenolic OH excluding ortho intramolecular Hbond substituents is 1. The fourth-order valence-electron chi connectivity index (χ4n) is 4.58. The first kappa shape index (κ1) is 18.9. The van der Waals surface area contributed by atoms with Gasteiger partial charge in [0.25, 0.3) is 5.91 Å². The van der Waals surface area contributed by atoms with E-state index in [0.717, 1.165) is 38.8 Å². The Balaban J connectivity index is 1.62. The lowest BCUT2D eigenvalue weighted by molar-refractivity contribution is 0.0988. The van der Waals surface area contributed by atoms with Crippen LogP contribution in [-0.2, 0) is 11.2 Å². The van der Waals surface area contributed by atoms with Gasteiger partial charge in [-0.2, -0.15) is 0 Å². The third-order valence-electron chi connectivity index (χ3n) is 6.06. The number of ether oxygens (including phenoxy) is 1. The topological polar surface area (TPSA) is 62.1 Å². The Bertz CT molecular complexity index is 1230. The van der Waals surface area contributed by atoms with Crippen molar-refractivity contribution in [1.29, 1.82) is 0 Å². The molecule has 0 spiro atoms. The number of phenols is 1. The quantitative estimate of drug-likeness (QED) is 0.589. The minimum Gasteiger partial charge on any atom is -0.507 e. The molecule has 0 saturated carbocycles. The number of aliphatic imine (C=N–C) groups is 1. The molecule has 0 unspecified atom stereocenters. The Morgan fingerprint density at radius 1 is 1.30 bits per heavy atom. The summed E-state index contributed by atoms with van der Waals surface area (Å²) in [6.45, 7) is 2.50. The molecule has 1 N–H and O–H groups in total. The van der Waals surface area contributed by atoms with Gasteiger partial charge in [0, 0.05) is 35.4 Å². The number of amides is 1. The zero-order valence-corrected chi connectivity index (χ0v) is 17.5. The lowest BCUT2D eigenvalue weighted by atomic mass is 9.92.